The number of halogens is 1. The van der Waals surface area contributed by atoms with E-state index in [4.69, 9.17) is 11.6 Å². The molecule has 0 saturated carbocycles. The van der Waals surface area contributed by atoms with Gasteiger partial charge in [-0.3, -0.25) is 20.1 Å². The standard InChI is InChI=1S/C23H26ClN7O/c1-30-7-9-31(10-8-30)14-15-5-6-20-21(11-15)27-23(26-20)28-22(32)12-18(24)16-3-2-4-19-17(16)13-25-29-19/h2-6,11,13,18H,7-10,12,14H2,1H3,(H,25,29)(H2,26,27,28,32). The third kappa shape index (κ3) is 4.48. The molecule has 9 heteroatoms. The summed E-state index contributed by atoms with van der Waals surface area (Å²) in [4.78, 5) is 25.2. The average molecular weight is 452 g/mol. The highest BCUT2D eigenvalue weighted by Gasteiger charge is 2.18. The summed E-state index contributed by atoms with van der Waals surface area (Å²) in [6.07, 6.45) is 1.87. The largest absolute Gasteiger partial charge is 0.324 e. The van der Waals surface area contributed by atoms with Gasteiger partial charge in [-0.15, -0.1) is 11.6 Å². The van der Waals surface area contributed by atoms with Gasteiger partial charge in [-0.1, -0.05) is 18.2 Å². The molecule has 5 rings (SSSR count). The molecule has 4 aromatic rings. The van der Waals surface area contributed by atoms with Crippen LogP contribution in [0.5, 0.6) is 0 Å². The number of carbonyl (C=O) groups excluding carboxylic acids is 1. The summed E-state index contributed by atoms with van der Waals surface area (Å²) in [6.45, 7) is 5.26. The summed E-state index contributed by atoms with van der Waals surface area (Å²) in [5.74, 6) is 0.245. The van der Waals surface area contributed by atoms with Gasteiger partial charge in [-0.05, 0) is 36.4 Å². The van der Waals surface area contributed by atoms with Gasteiger partial charge < -0.3 is 9.88 Å². The second kappa shape index (κ2) is 8.90. The first-order chi connectivity index (χ1) is 15.5. The fourth-order valence-corrected chi connectivity index (χ4v) is 4.53. The Labute approximate surface area is 190 Å². The molecule has 3 heterocycles. The molecular formula is C23H26ClN7O. The summed E-state index contributed by atoms with van der Waals surface area (Å²) in [5.41, 5.74) is 4.76. The highest BCUT2D eigenvalue weighted by molar-refractivity contribution is 6.23. The van der Waals surface area contributed by atoms with E-state index in [1.807, 2.05) is 24.3 Å². The maximum Gasteiger partial charge on any atom is 0.228 e. The van der Waals surface area contributed by atoms with Crippen LogP contribution in [-0.4, -0.2) is 69.1 Å². The molecule has 0 aliphatic carbocycles. The minimum atomic E-state index is -0.462. The number of anilines is 1. The van der Waals surface area contributed by atoms with Crippen LogP contribution < -0.4 is 5.32 Å². The van der Waals surface area contributed by atoms with Crippen LogP contribution in [0.1, 0.15) is 22.9 Å². The number of H-pyrrole nitrogens is 2. The first kappa shape index (κ1) is 20.9. The zero-order chi connectivity index (χ0) is 22.1. The minimum Gasteiger partial charge on any atom is -0.324 e. The molecule has 1 saturated heterocycles. The number of likely N-dealkylation sites (N-methyl/N-ethyl adjacent to an activating group) is 1. The molecule has 8 nitrogen and oxygen atoms in total. The minimum absolute atomic E-state index is 0.136. The normalized spacial score (nSPS) is 16.6. The van der Waals surface area contributed by atoms with Gasteiger partial charge in [0.25, 0.3) is 0 Å². The van der Waals surface area contributed by atoms with Crippen molar-refractivity contribution in [1.29, 1.82) is 0 Å². The average Bonchev–Trinajstić information content (AvgIpc) is 3.41. The summed E-state index contributed by atoms with van der Waals surface area (Å²) in [5, 5.41) is 10.3. The second-order valence-electron chi connectivity index (χ2n) is 8.41. The second-order valence-corrected chi connectivity index (χ2v) is 8.94. The Hall–Kier alpha value is -2.94. The number of aromatic nitrogens is 4. The van der Waals surface area contributed by atoms with Crippen molar-refractivity contribution in [2.75, 3.05) is 38.5 Å². The number of amides is 1. The Balaban J connectivity index is 1.23. The summed E-state index contributed by atoms with van der Waals surface area (Å²) >= 11 is 6.56. The number of aromatic amines is 2. The van der Waals surface area contributed by atoms with Crippen molar-refractivity contribution in [3.8, 4) is 0 Å². The number of imidazole rings is 1. The predicted molar refractivity (Wildman–Crippen MR) is 127 cm³/mol. The molecule has 32 heavy (non-hydrogen) atoms. The van der Waals surface area contributed by atoms with E-state index in [2.05, 4.69) is 54.5 Å². The molecule has 0 bridgehead atoms. The van der Waals surface area contributed by atoms with E-state index >= 15 is 0 Å². The predicted octanol–water partition coefficient (Wildman–Crippen LogP) is 3.50. The first-order valence-corrected chi connectivity index (χ1v) is 11.2. The maximum absolute atomic E-state index is 12.6. The SMILES string of the molecule is CN1CCN(Cc2ccc3nc(NC(=O)CC(Cl)c4cccc5[nH]ncc45)[nH]c3c2)CC1. The van der Waals surface area contributed by atoms with E-state index in [1.54, 1.807) is 6.20 Å². The molecule has 166 valence electrons. The van der Waals surface area contributed by atoms with E-state index in [0.29, 0.717) is 5.95 Å². The lowest BCUT2D eigenvalue weighted by molar-refractivity contribution is -0.116. The van der Waals surface area contributed by atoms with Gasteiger partial charge in [0.1, 0.15) is 0 Å². The summed E-state index contributed by atoms with van der Waals surface area (Å²) < 4.78 is 0. The Kier molecular flexibility index (Phi) is 5.82. The highest BCUT2D eigenvalue weighted by atomic mass is 35.5. The summed E-state index contributed by atoms with van der Waals surface area (Å²) in [7, 11) is 2.16. The molecular weight excluding hydrogens is 426 g/mol. The molecule has 1 fully saturated rings. The Morgan fingerprint density at radius 3 is 2.88 bits per heavy atom. The van der Waals surface area contributed by atoms with Crippen LogP contribution in [0.15, 0.2) is 42.6 Å². The van der Waals surface area contributed by atoms with Crippen molar-refractivity contribution in [3.63, 3.8) is 0 Å². The van der Waals surface area contributed by atoms with E-state index in [9.17, 15) is 4.79 Å². The topological polar surface area (TPSA) is 92.9 Å². The van der Waals surface area contributed by atoms with Gasteiger partial charge in [0.05, 0.1) is 28.1 Å². The van der Waals surface area contributed by atoms with Gasteiger partial charge in [0, 0.05) is 44.5 Å². The van der Waals surface area contributed by atoms with Gasteiger partial charge in [-0.2, -0.15) is 5.10 Å². The molecule has 1 aliphatic heterocycles. The Morgan fingerprint density at radius 1 is 1.19 bits per heavy atom. The van der Waals surface area contributed by atoms with Crippen LogP contribution in [0, 0.1) is 0 Å². The van der Waals surface area contributed by atoms with Gasteiger partial charge in [0.2, 0.25) is 11.9 Å². The van der Waals surface area contributed by atoms with Crippen LogP contribution in [0.3, 0.4) is 0 Å². The number of piperazine rings is 1. The number of benzene rings is 2. The van der Waals surface area contributed by atoms with Crippen molar-refractivity contribution in [1.82, 2.24) is 30.0 Å². The molecule has 0 spiro atoms. The van der Waals surface area contributed by atoms with E-state index in [0.717, 1.165) is 60.2 Å². The lowest BCUT2D eigenvalue weighted by atomic mass is 10.0. The quantitative estimate of drug-likeness (QED) is 0.390. The summed E-state index contributed by atoms with van der Waals surface area (Å²) in [6, 6.07) is 12.0. The van der Waals surface area contributed by atoms with E-state index in [-0.39, 0.29) is 12.3 Å². The van der Waals surface area contributed by atoms with Crippen LogP contribution in [-0.2, 0) is 11.3 Å². The molecule has 1 aliphatic rings. The van der Waals surface area contributed by atoms with Crippen molar-refractivity contribution in [2.45, 2.75) is 18.3 Å². The lowest BCUT2D eigenvalue weighted by Crippen LogP contribution is -2.43. The number of nitrogens with one attached hydrogen (secondary N) is 3. The molecule has 0 radical (unpaired) electrons. The van der Waals surface area contributed by atoms with Crippen LogP contribution in [0.25, 0.3) is 21.9 Å². The van der Waals surface area contributed by atoms with Crippen molar-refractivity contribution in [3.05, 3.63) is 53.7 Å². The monoisotopic (exact) mass is 451 g/mol. The van der Waals surface area contributed by atoms with Crippen LogP contribution in [0.4, 0.5) is 5.95 Å². The third-order valence-corrected chi connectivity index (χ3v) is 6.42. The number of hydrogen-bond donors (Lipinski definition) is 3. The third-order valence-electron chi connectivity index (χ3n) is 6.03. The fourth-order valence-electron chi connectivity index (χ4n) is 4.20. The Morgan fingerprint density at radius 2 is 2.03 bits per heavy atom. The first-order valence-electron chi connectivity index (χ1n) is 10.8. The molecule has 3 N–H and O–H groups in total. The van der Waals surface area contributed by atoms with Gasteiger partial charge in [0.15, 0.2) is 0 Å². The number of nitrogens with zero attached hydrogens (tertiary/aromatic N) is 4. The van der Waals surface area contributed by atoms with Crippen LogP contribution in [0.2, 0.25) is 0 Å². The molecule has 2 aromatic heterocycles. The number of fused-ring (bicyclic) bond motifs is 2. The number of alkyl halides is 1. The molecule has 1 amide bonds. The molecule has 1 atom stereocenters. The van der Waals surface area contributed by atoms with Crippen molar-refractivity contribution in [2.24, 2.45) is 0 Å². The lowest BCUT2D eigenvalue weighted by Gasteiger charge is -2.32. The van der Waals surface area contributed by atoms with Gasteiger partial charge >= 0.3 is 0 Å². The smallest absolute Gasteiger partial charge is 0.228 e. The van der Waals surface area contributed by atoms with E-state index in [1.165, 1.54) is 5.56 Å². The maximum atomic E-state index is 12.6. The highest BCUT2D eigenvalue weighted by Crippen LogP contribution is 2.30. The van der Waals surface area contributed by atoms with E-state index < -0.39 is 5.38 Å². The zero-order valence-electron chi connectivity index (χ0n) is 17.9. The van der Waals surface area contributed by atoms with Crippen LogP contribution >= 0.6 is 11.6 Å². The number of rotatable bonds is 6. The van der Waals surface area contributed by atoms with Crippen molar-refractivity contribution < 1.29 is 4.79 Å². The van der Waals surface area contributed by atoms with Crippen molar-refractivity contribution >= 4 is 45.4 Å². The number of hydrogen-bond acceptors (Lipinski definition) is 5. The Bertz CT molecular complexity index is 1240. The fraction of sp³-hybridized carbons (Fsp3) is 0.348. The van der Waals surface area contributed by atoms with Gasteiger partial charge in [-0.25, -0.2) is 4.98 Å². The molecule has 1 unspecified atom stereocenters. The molecule has 2 aromatic carbocycles. The zero-order valence-corrected chi connectivity index (χ0v) is 18.7. The number of carbonyl (C=O) groups is 1.